The van der Waals surface area contributed by atoms with Crippen LogP contribution in [-0.2, 0) is 0 Å². The van der Waals surface area contributed by atoms with Gasteiger partial charge in [0.25, 0.3) is 11.5 Å². The third-order valence-electron chi connectivity index (χ3n) is 3.90. The number of nitrogens with one attached hydrogen (secondary N) is 2. The third kappa shape index (κ3) is 2.67. The summed E-state index contributed by atoms with van der Waals surface area (Å²) in [5.41, 5.74) is 1.49. The third-order valence-corrected chi connectivity index (χ3v) is 3.90. The van der Waals surface area contributed by atoms with Crippen molar-refractivity contribution in [3.05, 3.63) is 64.6 Å². The summed E-state index contributed by atoms with van der Waals surface area (Å²) in [4.78, 5) is 27.7. The molecule has 1 amide bonds. The van der Waals surface area contributed by atoms with E-state index in [4.69, 9.17) is 4.74 Å². The number of anilines is 1. The van der Waals surface area contributed by atoms with E-state index in [2.05, 4.69) is 20.6 Å². The second-order valence-corrected chi connectivity index (χ2v) is 5.58. The number of aromatic amines is 1. The molecule has 4 rings (SSSR count). The fourth-order valence-corrected chi connectivity index (χ4v) is 2.74. The Morgan fingerprint density at radius 2 is 1.96 bits per heavy atom. The van der Waals surface area contributed by atoms with Gasteiger partial charge in [-0.1, -0.05) is 17.3 Å². The minimum Gasteiger partial charge on any atom is -0.494 e. The van der Waals surface area contributed by atoms with Gasteiger partial charge in [-0.25, -0.2) is 4.52 Å². The lowest BCUT2D eigenvalue weighted by Gasteiger charge is -2.06. The highest BCUT2D eigenvalue weighted by Gasteiger charge is 2.19. The summed E-state index contributed by atoms with van der Waals surface area (Å²) in [7, 11) is 0. The van der Waals surface area contributed by atoms with E-state index >= 15 is 0 Å². The normalized spacial score (nSPS) is 11.0. The van der Waals surface area contributed by atoms with Crippen LogP contribution in [0.15, 0.2) is 53.3 Å². The zero-order valence-corrected chi connectivity index (χ0v) is 13.9. The maximum atomic E-state index is 12.6. The van der Waals surface area contributed by atoms with E-state index < -0.39 is 11.5 Å². The lowest BCUT2D eigenvalue weighted by atomic mass is 10.2. The number of ether oxygens (including phenoxy) is 1. The smallest absolute Gasteiger partial charge is 0.278 e. The second kappa shape index (κ2) is 6.32. The molecule has 2 aromatic heterocycles. The van der Waals surface area contributed by atoms with Gasteiger partial charge in [0.1, 0.15) is 5.75 Å². The number of benzene rings is 2. The average molecular weight is 349 g/mol. The van der Waals surface area contributed by atoms with Gasteiger partial charge in [0.05, 0.1) is 17.6 Å². The molecule has 0 saturated heterocycles. The predicted octanol–water partition coefficient (Wildman–Crippen LogP) is 2.22. The number of nitrogens with zero attached hydrogens (tertiary/aromatic N) is 3. The van der Waals surface area contributed by atoms with E-state index in [1.54, 1.807) is 42.5 Å². The Labute approximate surface area is 147 Å². The van der Waals surface area contributed by atoms with Crippen molar-refractivity contribution in [2.75, 3.05) is 11.9 Å². The molecule has 0 unspecified atom stereocenters. The van der Waals surface area contributed by atoms with Crippen LogP contribution in [0.1, 0.15) is 17.4 Å². The largest absolute Gasteiger partial charge is 0.494 e. The molecule has 2 aromatic carbocycles. The lowest BCUT2D eigenvalue weighted by Crippen LogP contribution is -2.18. The van der Waals surface area contributed by atoms with Crippen LogP contribution in [-0.4, -0.2) is 32.3 Å². The Kier molecular flexibility index (Phi) is 3.85. The quantitative estimate of drug-likeness (QED) is 0.588. The maximum absolute atomic E-state index is 12.6. The SMILES string of the molecule is CCOc1ccc(NC(=O)c2nnn3c2c(=O)[nH]c2ccccc23)cc1. The summed E-state index contributed by atoms with van der Waals surface area (Å²) in [6.07, 6.45) is 0. The molecule has 0 spiro atoms. The Hall–Kier alpha value is -3.68. The topological polar surface area (TPSA) is 101 Å². The molecule has 0 bridgehead atoms. The lowest BCUT2D eigenvalue weighted by molar-refractivity contribution is 0.102. The van der Waals surface area contributed by atoms with Gasteiger partial charge in [-0.15, -0.1) is 5.10 Å². The van der Waals surface area contributed by atoms with Gasteiger partial charge in [-0.3, -0.25) is 9.59 Å². The molecule has 4 aromatic rings. The van der Waals surface area contributed by atoms with Crippen LogP contribution in [0.25, 0.3) is 16.6 Å². The molecule has 0 saturated carbocycles. The number of fused-ring (bicyclic) bond motifs is 3. The molecular weight excluding hydrogens is 334 g/mol. The zero-order valence-electron chi connectivity index (χ0n) is 13.9. The average Bonchev–Trinajstić information content (AvgIpc) is 3.10. The monoisotopic (exact) mass is 349 g/mol. The number of carbonyl (C=O) groups is 1. The summed E-state index contributed by atoms with van der Waals surface area (Å²) in [6, 6.07) is 14.1. The van der Waals surface area contributed by atoms with Gasteiger partial charge in [0, 0.05) is 5.69 Å². The minimum absolute atomic E-state index is 0.0362. The van der Waals surface area contributed by atoms with Gasteiger partial charge in [-0.05, 0) is 43.3 Å². The number of amides is 1. The highest BCUT2D eigenvalue weighted by Crippen LogP contribution is 2.17. The minimum atomic E-state index is -0.509. The molecule has 8 nitrogen and oxygen atoms in total. The Bertz CT molecular complexity index is 1160. The van der Waals surface area contributed by atoms with Crippen molar-refractivity contribution in [3.8, 4) is 5.75 Å². The first-order valence-electron chi connectivity index (χ1n) is 8.08. The number of aromatic nitrogens is 4. The molecule has 0 radical (unpaired) electrons. The number of hydrogen-bond acceptors (Lipinski definition) is 5. The van der Waals surface area contributed by atoms with Crippen LogP contribution in [0.2, 0.25) is 0 Å². The number of carbonyl (C=O) groups excluding carboxylic acids is 1. The fourth-order valence-electron chi connectivity index (χ4n) is 2.74. The molecule has 0 aliphatic rings. The molecule has 0 atom stereocenters. The van der Waals surface area contributed by atoms with Crippen molar-refractivity contribution >= 4 is 28.1 Å². The van der Waals surface area contributed by atoms with Crippen molar-refractivity contribution in [1.82, 2.24) is 19.8 Å². The number of H-pyrrole nitrogens is 1. The number of rotatable bonds is 4. The Balaban J connectivity index is 1.71. The van der Waals surface area contributed by atoms with Crippen molar-refractivity contribution in [2.24, 2.45) is 0 Å². The van der Waals surface area contributed by atoms with E-state index in [-0.39, 0.29) is 11.2 Å². The van der Waals surface area contributed by atoms with E-state index in [9.17, 15) is 9.59 Å². The molecule has 8 heteroatoms. The first-order valence-corrected chi connectivity index (χ1v) is 8.08. The van der Waals surface area contributed by atoms with Gasteiger partial charge < -0.3 is 15.0 Å². The molecular formula is C18H15N5O3. The van der Waals surface area contributed by atoms with E-state index in [0.29, 0.717) is 29.1 Å². The molecule has 26 heavy (non-hydrogen) atoms. The van der Waals surface area contributed by atoms with E-state index in [1.807, 2.05) is 13.0 Å². The summed E-state index contributed by atoms with van der Waals surface area (Å²) in [5.74, 6) is 0.201. The first-order chi connectivity index (χ1) is 12.7. The van der Waals surface area contributed by atoms with Gasteiger partial charge in [-0.2, -0.15) is 0 Å². The Morgan fingerprint density at radius 3 is 2.73 bits per heavy atom. The van der Waals surface area contributed by atoms with Gasteiger partial charge >= 0.3 is 0 Å². The van der Waals surface area contributed by atoms with E-state index in [0.717, 1.165) is 0 Å². The highest BCUT2D eigenvalue weighted by atomic mass is 16.5. The molecule has 130 valence electrons. The summed E-state index contributed by atoms with van der Waals surface area (Å²) in [5, 5.41) is 10.6. The van der Waals surface area contributed by atoms with Crippen molar-refractivity contribution < 1.29 is 9.53 Å². The predicted molar refractivity (Wildman–Crippen MR) is 96.7 cm³/mol. The van der Waals surface area contributed by atoms with Crippen molar-refractivity contribution in [3.63, 3.8) is 0 Å². The van der Waals surface area contributed by atoms with Crippen LogP contribution in [0, 0.1) is 0 Å². The molecule has 2 heterocycles. The Morgan fingerprint density at radius 1 is 1.19 bits per heavy atom. The molecule has 2 N–H and O–H groups in total. The van der Waals surface area contributed by atoms with Crippen molar-refractivity contribution in [2.45, 2.75) is 6.92 Å². The standard InChI is InChI=1S/C18H15N5O3/c1-2-26-12-9-7-11(8-10-12)19-17(24)15-16-18(25)20-13-5-3-4-6-14(13)23(16)22-21-15/h3-10H,2H2,1H3,(H,19,24)(H,20,25). The van der Waals surface area contributed by atoms with E-state index in [1.165, 1.54) is 4.52 Å². The van der Waals surface area contributed by atoms with Crippen molar-refractivity contribution in [1.29, 1.82) is 0 Å². The second-order valence-electron chi connectivity index (χ2n) is 5.58. The molecule has 0 fully saturated rings. The first kappa shape index (κ1) is 15.8. The van der Waals surface area contributed by atoms with Crippen LogP contribution in [0.3, 0.4) is 0 Å². The summed E-state index contributed by atoms with van der Waals surface area (Å²) < 4.78 is 6.74. The van der Waals surface area contributed by atoms with Crippen LogP contribution in [0.4, 0.5) is 5.69 Å². The van der Waals surface area contributed by atoms with Gasteiger partial charge in [0.2, 0.25) is 0 Å². The zero-order chi connectivity index (χ0) is 18.1. The summed E-state index contributed by atoms with van der Waals surface area (Å²) >= 11 is 0. The van der Waals surface area contributed by atoms with Gasteiger partial charge in [0.15, 0.2) is 11.2 Å². The molecule has 0 aliphatic heterocycles. The highest BCUT2D eigenvalue weighted by molar-refractivity contribution is 6.07. The molecule has 0 aliphatic carbocycles. The number of hydrogen-bond donors (Lipinski definition) is 2. The van der Waals surface area contributed by atoms with Crippen LogP contribution < -0.4 is 15.6 Å². The maximum Gasteiger partial charge on any atom is 0.278 e. The summed E-state index contributed by atoms with van der Waals surface area (Å²) in [6.45, 7) is 2.46. The number of para-hydroxylation sites is 2. The van der Waals surface area contributed by atoms with Crippen LogP contribution in [0.5, 0.6) is 5.75 Å². The van der Waals surface area contributed by atoms with Crippen LogP contribution >= 0.6 is 0 Å². The fraction of sp³-hybridized carbons (Fsp3) is 0.111.